The Morgan fingerprint density at radius 2 is 2.16 bits per heavy atom. The van der Waals surface area contributed by atoms with E-state index in [-0.39, 0.29) is 5.82 Å². The van der Waals surface area contributed by atoms with Crippen LogP contribution in [0.3, 0.4) is 0 Å². The molecule has 2 nitrogen and oxygen atoms in total. The minimum atomic E-state index is -0.204. The van der Waals surface area contributed by atoms with E-state index in [0.717, 1.165) is 44.6 Å². The molecule has 1 atom stereocenters. The van der Waals surface area contributed by atoms with Crippen LogP contribution in [-0.2, 0) is 4.74 Å². The molecule has 1 fully saturated rings. The van der Waals surface area contributed by atoms with E-state index in [4.69, 9.17) is 4.74 Å². The zero-order chi connectivity index (χ0) is 13.7. The fraction of sp³-hybridized carbons (Fsp3) is 0.600. The topological polar surface area (TPSA) is 21.3 Å². The number of rotatable bonds is 5. The van der Waals surface area contributed by atoms with Crippen LogP contribution in [0.2, 0.25) is 0 Å². The highest BCUT2D eigenvalue weighted by atomic mass is 79.9. The monoisotopic (exact) mass is 329 g/mol. The summed E-state index contributed by atoms with van der Waals surface area (Å²) >= 11 is 3.28. The van der Waals surface area contributed by atoms with Gasteiger partial charge in [0.15, 0.2) is 0 Å². The van der Waals surface area contributed by atoms with E-state index in [1.807, 2.05) is 12.1 Å². The van der Waals surface area contributed by atoms with E-state index >= 15 is 0 Å². The zero-order valence-electron chi connectivity index (χ0n) is 11.3. The van der Waals surface area contributed by atoms with Crippen LogP contribution >= 0.6 is 15.9 Å². The highest BCUT2D eigenvalue weighted by Gasteiger charge is 2.25. The molecule has 0 aliphatic carbocycles. The summed E-state index contributed by atoms with van der Waals surface area (Å²) in [4.78, 5) is 0. The Labute approximate surface area is 122 Å². The van der Waals surface area contributed by atoms with Crippen LogP contribution in [-0.4, -0.2) is 19.8 Å². The third kappa shape index (κ3) is 4.01. The van der Waals surface area contributed by atoms with Gasteiger partial charge in [-0.05, 0) is 65.4 Å². The summed E-state index contributed by atoms with van der Waals surface area (Å²) in [6.07, 6.45) is 3.23. The highest BCUT2D eigenvalue weighted by molar-refractivity contribution is 9.10. The predicted octanol–water partition coefficient (Wildman–Crippen LogP) is 4.06. The maximum absolute atomic E-state index is 13.4. The van der Waals surface area contributed by atoms with E-state index < -0.39 is 0 Å². The first-order valence-electron chi connectivity index (χ1n) is 6.98. The van der Waals surface area contributed by atoms with Gasteiger partial charge in [0, 0.05) is 19.3 Å². The number of halogens is 2. The van der Waals surface area contributed by atoms with Gasteiger partial charge in [0.25, 0.3) is 0 Å². The molecule has 1 aliphatic rings. The van der Waals surface area contributed by atoms with E-state index in [9.17, 15) is 4.39 Å². The largest absolute Gasteiger partial charge is 0.381 e. The summed E-state index contributed by atoms with van der Waals surface area (Å²) in [5.41, 5.74) is 1.16. The molecule has 0 bridgehead atoms. The van der Waals surface area contributed by atoms with Crippen LogP contribution in [0, 0.1) is 11.7 Å². The molecule has 4 heteroatoms. The van der Waals surface area contributed by atoms with Crippen LogP contribution < -0.4 is 5.32 Å². The van der Waals surface area contributed by atoms with Crippen molar-refractivity contribution in [3.05, 3.63) is 34.1 Å². The molecule has 2 rings (SSSR count). The lowest BCUT2D eigenvalue weighted by molar-refractivity contribution is 0.0536. The molecule has 1 N–H and O–H groups in total. The molecule has 0 radical (unpaired) electrons. The molecule has 1 unspecified atom stereocenters. The van der Waals surface area contributed by atoms with Gasteiger partial charge in [-0.15, -0.1) is 0 Å². The van der Waals surface area contributed by atoms with Crippen LogP contribution in [0.25, 0.3) is 0 Å². The molecule has 1 aromatic carbocycles. The summed E-state index contributed by atoms with van der Waals surface area (Å²) < 4.78 is 19.3. The average molecular weight is 330 g/mol. The van der Waals surface area contributed by atoms with Crippen LogP contribution in [0.15, 0.2) is 22.7 Å². The van der Waals surface area contributed by atoms with Crippen molar-refractivity contribution in [2.24, 2.45) is 5.92 Å². The fourth-order valence-corrected chi connectivity index (χ4v) is 3.01. The second kappa shape index (κ2) is 7.36. The van der Waals surface area contributed by atoms with Crippen molar-refractivity contribution in [2.45, 2.75) is 32.2 Å². The lowest BCUT2D eigenvalue weighted by Crippen LogP contribution is -2.32. The molecule has 106 valence electrons. The van der Waals surface area contributed by atoms with E-state index in [1.54, 1.807) is 6.07 Å². The molecule has 1 aromatic rings. The number of hydrogen-bond donors (Lipinski definition) is 1. The highest BCUT2D eigenvalue weighted by Crippen LogP contribution is 2.32. The van der Waals surface area contributed by atoms with Gasteiger partial charge in [0.05, 0.1) is 4.47 Å². The number of benzene rings is 1. The first kappa shape index (κ1) is 14.9. The standard InChI is InChI=1S/C15H21BrFNO/c1-2-7-18-15(11-5-8-19-9-6-11)12-3-4-14(17)13(16)10-12/h3-4,10-11,15,18H,2,5-9H2,1H3. The Balaban J connectivity index is 2.17. The number of nitrogens with one attached hydrogen (secondary N) is 1. The summed E-state index contributed by atoms with van der Waals surface area (Å²) in [7, 11) is 0. The Kier molecular flexibility index (Phi) is 5.79. The third-order valence-corrected chi connectivity index (χ3v) is 4.26. The molecule has 1 saturated heterocycles. The molecule has 19 heavy (non-hydrogen) atoms. The van der Waals surface area contributed by atoms with Gasteiger partial charge < -0.3 is 10.1 Å². The quantitative estimate of drug-likeness (QED) is 0.879. The van der Waals surface area contributed by atoms with E-state index in [2.05, 4.69) is 28.2 Å². The molecular weight excluding hydrogens is 309 g/mol. The van der Waals surface area contributed by atoms with Gasteiger partial charge in [0.2, 0.25) is 0 Å². The van der Waals surface area contributed by atoms with Crippen molar-refractivity contribution in [3.8, 4) is 0 Å². The van der Waals surface area contributed by atoms with Crippen LogP contribution in [0.5, 0.6) is 0 Å². The molecule has 1 aliphatic heterocycles. The van der Waals surface area contributed by atoms with Crippen LogP contribution in [0.1, 0.15) is 37.8 Å². The summed E-state index contributed by atoms with van der Waals surface area (Å²) in [6, 6.07) is 5.63. The SMILES string of the molecule is CCCNC(c1ccc(F)c(Br)c1)C1CCOCC1. The molecular formula is C15H21BrFNO. The van der Waals surface area contributed by atoms with Crippen LogP contribution in [0.4, 0.5) is 4.39 Å². The molecule has 0 saturated carbocycles. The lowest BCUT2D eigenvalue weighted by atomic mass is 9.87. The first-order chi connectivity index (χ1) is 9.22. The van der Waals surface area contributed by atoms with Gasteiger partial charge in [-0.3, -0.25) is 0 Å². The summed E-state index contributed by atoms with van der Waals surface area (Å²) in [6.45, 7) is 4.81. The summed E-state index contributed by atoms with van der Waals surface area (Å²) in [5, 5.41) is 3.60. The molecule has 0 amide bonds. The second-order valence-electron chi connectivity index (χ2n) is 5.06. The average Bonchev–Trinajstić information content (AvgIpc) is 2.44. The first-order valence-corrected chi connectivity index (χ1v) is 7.77. The van der Waals surface area contributed by atoms with Crippen molar-refractivity contribution >= 4 is 15.9 Å². The van der Waals surface area contributed by atoms with Crippen molar-refractivity contribution in [1.29, 1.82) is 0 Å². The van der Waals surface area contributed by atoms with Crippen molar-refractivity contribution in [3.63, 3.8) is 0 Å². The van der Waals surface area contributed by atoms with Gasteiger partial charge >= 0.3 is 0 Å². The normalized spacial score (nSPS) is 18.5. The predicted molar refractivity (Wildman–Crippen MR) is 78.7 cm³/mol. The maximum Gasteiger partial charge on any atom is 0.137 e. The third-order valence-electron chi connectivity index (χ3n) is 3.65. The smallest absolute Gasteiger partial charge is 0.137 e. The summed E-state index contributed by atoms with van der Waals surface area (Å²) in [5.74, 6) is 0.364. The van der Waals surface area contributed by atoms with Gasteiger partial charge in [-0.2, -0.15) is 0 Å². The minimum absolute atomic E-state index is 0.204. The van der Waals surface area contributed by atoms with Crippen molar-refractivity contribution in [2.75, 3.05) is 19.8 Å². The number of ether oxygens (including phenoxy) is 1. The number of hydrogen-bond acceptors (Lipinski definition) is 2. The van der Waals surface area contributed by atoms with Gasteiger partial charge in [0.1, 0.15) is 5.82 Å². The van der Waals surface area contributed by atoms with E-state index in [0.29, 0.717) is 16.4 Å². The Morgan fingerprint density at radius 1 is 1.42 bits per heavy atom. The van der Waals surface area contributed by atoms with Gasteiger partial charge in [-0.1, -0.05) is 13.0 Å². The minimum Gasteiger partial charge on any atom is -0.381 e. The second-order valence-corrected chi connectivity index (χ2v) is 5.91. The Bertz CT molecular complexity index is 407. The van der Waals surface area contributed by atoms with Crippen molar-refractivity contribution in [1.82, 2.24) is 5.32 Å². The Hall–Kier alpha value is -0.450. The zero-order valence-corrected chi connectivity index (χ0v) is 12.9. The molecule has 0 aromatic heterocycles. The van der Waals surface area contributed by atoms with Crippen molar-refractivity contribution < 1.29 is 9.13 Å². The molecule has 1 heterocycles. The van der Waals surface area contributed by atoms with Gasteiger partial charge in [-0.25, -0.2) is 4.39 Å². The molecule has 0 spiro atoms. The fourth-order valence-electron chi connectivity index (χ4n) is 2.61. The van der Waals surface area contributed by atoms with E-state index in [1.165, 1.54) is 0 Å². The lowest BCUT2D eigenvalue weighted by Gasteiger charge is -2.31. The maximum atomic E-state index is 13.4. The Morgan fingerprint density at radius 3 is 2.79 bits per heavy atom.